The zero-order valence-corrected chi connectivity index (χ0v) is 13.7. The van der Waals surface area contributed by atoms with Gasteiger partial charge in [0.05, 0.1) is 12.4 Å². The Morgan fingerprint density at radius 1 is 1.45 bits per heavy atom. The summed E-state index contributed by atoms with van der Waals surface area (Å²) in [6, 6.07) is 5.93. The van der Waals surface area contributed by atoms with Crippen molar-refractivity contribution in [3.05, 3.63) is 23.8 Å². The predicted octanol–water partition coefficient (Wildman–Crippen LogP) is 4.04. The molecule has 1 atom stereocenters. The number of rotatable bonds is 5. The molecule has 4 nitrogen and oxygen atoms in total. The first-order valence-corrected chi connectivity index (χ1v) is 8.96. The van der Waals surface area contributed by atoms with Crippen LogP contribution in [0.3, 0.4) is 0 Å². The van der Waals surface area contributed by atoms with Gasteiger partial charge in [0.25, 0.3) is 0 Å². The fourth-order valence-corrected chi connectivity index (χ4v) is 4.63. The van der Waals surface area contributed by atoms with E-state index in [2.05, 4.69) is 0 Å². The molecule has 22 heavy (non-hydrogen) atoms. The number of carboxylic acid groups (broad SMARTS) is 1. The Hall–Kier alpha value is -1.36. The minimum absolute atomic E-state index is 0.0870. The van der Waals surface area contributed by atoms with Crippen molar-refractivity contribution in [1.29, 1.82) is 0 Å². The topological polar surface area (TPSA) is 55.8 Å². The van der Waals surface area contributed by atoms with E-state index in [-0.39, 0.29) is 16.6 Å². The summed E-state index contributed by atoms with van der Waals surface area (Å²) in [6.45, 7) is 2.58. The van der Waals surface area contributed by atoms with Crippen LogP contribution in [0.2, 0.25) is 0 Å². The maximum Gasteiger partial charge on any atom is 0.313 e. The molecule has 1 heterocycles. The van der Waals surface area contributed by atoms with Gasteiger partial charge in [-0.05, 0) is 50.8 Å². The molecule has 1 fully saturated rings. The lowest BCUT2D eigenvalue weighted by Gasteiger charge is -2.39. The Kier molecular flexibility index (Phi) is 4.52. The standard InChI is InChI=1S/C17H22O4S/c1-2-20-12-5-6-14-13(9-12)15(22-11-16(18)19)10-17(21-14)7-3-4-8-17/h5-6,9,15H,2-4,7-8,10-11H2,1H3,(H,18,19). The van der Waals surface area contributed by atoms with Gasteiger partial charge in [-0.3, -0.25) is 4.79 Å². The van der Waals surface area contributed by atoms with Gasteiger partial charge in [-0.1, -0.05) is 0 Å². The van der Waals surface area contributed by atoms with E-state index in [1.165, 1.54) is 24.6 Å². The molecule has 1 unspecified atom stereocenters. The van der Waals surface area contributed by atoms with Gasteiger partial charge < -0.3 is 14.6 Å². The Balaban J connectivity index is 1.89. The molecular formula is C17H22O4S. The van der Waals surface area contributed by atoms with E-state index in [0.717, 1.165) is 36.3 Å². The molecule has 120 valence electrons. The highest BCUT2D eigenvalue weighted by atomic mass is 32.2. The van der Waals surface area contributed by atoms with Gasteiger partial charge in [0.15, 0.2) is 0 Å². The molecule has 1 aliphatic carbocycles. The summed E-state index contributed by atoms with van der Waals surface area (Å²) in [5.74, 6) is 1.09. The molecule has 5 heteroatoms. The molecule has 3 rings (SSSR count). The van der Waals surface area contributed by atoms with Gasteiger partial charge in [-0.2, -0.15) is 0 Å². The molecular weight excluding hydrogens is 300 g/mol. The largest absolute Gasteiger partial charge is 0.494 e. The number of thioether (sulfide) groups is 1. The van der Waals surface area contributed by atoms with Crippen molar-refractivity contribution in [2.24, 2.45) is 0 Å². The van der Waals surface area contributed by atoms with Crippen LogP contribution in [-0.4, -0.2) is 29.0 Å². The SMILES string of the molecule is CCOc1ccc2c(c1)C(SCC(=O)O)CC1(CCCC1)O2. The number of carbonyl (C=O) groups is 1. The van der Waals surface area contributed by atoms with Crippen LogP contribution in [0.15, 0.2) is 18.2 Å². The Bertz CT molecular complexity index is 552. The molecule has 1 aliphatic heterocycles. The number of carboxylic acids is 1. The third-order valence-corrected chi connectivity index (χ3v) is 5.68. The molecule has 1 saturated carbocycles. The average molecular weight is 322 g/mol. The lowest BCUT2D eigenvalue weighted by atomic mass is 9.89. The third kappa shape index (κ3) is 3.19. The minimum Gasteiger partial charge on any atom is -0.494 e. The molecule has 0 saturated heterocycles. The molecule has 1 spiro atoms. The molecule has 0 aromatic heterocycles. The summed E-state index contributed by atoms with van der Waals surface area (Å²) in [4.78, 5) is 11.0. The number of ether oxygens (including phenoxy) is 2. The Labute approximate surface area is 135 Å². The Morgan fingerprint density at radius 2 is 2.23 bits per heavy atom. The summed E-state index contributed by atoms with van der Waals surface area (Å²) >= 11 is 1.50. The highest BCUT2D eigenvalue weighted by Gasteiger charge is 2.43. The van der Waals surface area contributed by atoms with Gasteiger partial charge in [0, 0.05) is 17.2 Å². The smallest absolute Gasteiger partial charge is 0.313 e. The highest BCUT2D eigenvalue weighted by Crippen LogP contribution is 2.52. The highest BCUT2D eigenvalue weighted by molar-refractivity contribution is 8.00. The van der Waals surface area contributed by atoms with Gasteiger partial charge in [-0.15, -0.1) is 11.8 Å². The lowest BCUT2D eigenvalue weighted by molar-refractivity contribution is -0.133. The van der Waals surface area contributed by atoms with Crippen LogP contribution in [0.25, 0.3) is 0 Å². The number of hydrogen-bond donors (Lipinski definition) is 1. The van der Waals surface area contributed by atoms with Crippen molar-refractivity contribution in [1.82, 2.24) is 0 Å². The van der Waals surface area contributed by atoms with Crippen LogP contribution in [0.1, 0.15) is 49.8 Å². The second-order valence-electron chi connectivity index (χ2n) is 6.02. The van der Waals surface area contributed by atoms with E-state index in [4.69, 9.17) is 14.6 Å². The van der Waals surface area contributed by atoms with Crippen LogP contribution in [0, 0.1) is 0 Å². The van der Waals surface area contributed by atoms with E-state index in [1.54, 1.807) is 0 Å². The number of hydrogen-bond acceptors (Lipinski definition) is 4. The molecule has 0 amide bonds. The molecule has 0 bridgehead atoms. The maximum absolute atomic E-state index is 11.0. The Morgan fingerprint density at radius 3 is 2.91 bits per heavy atom. The first kappa shape index (κ1) is 15.5. The fourth-order valence-electron chi connectivity index (χ4n) is 3.50. The summed E-state index contributed by atoms with van der Waals surface area (Å²) in [7, 11) is 0. The second kappa shape index (κ2) is 6.41. The van der Waals surface area contributed by atoms with Crippen molar-refractivity contribution in [3.63, 3.8) is 0 Å². The third-order valence-electron chi connectivity index (χ3n) is 4.45. The monoisotopic (exact) mass is 322 g/mol. The zero-order chi connectivity index (χ0) is 15.6. The lowest BCUT2D eigenvalue weighted by Crippen LogP contribution is -2.37. The van der Waals surface area contributed by atoms with Gasteiger partial charge >= 0.3 is 5.97 Å². The minimum atomic E-state index is -0.764. The summed E-state index contributed by atoms with van der Waals surface area (Å²) in [6.07, 6.45) is 5.44. The first-order valence-electron chi connectivity index (χ1n) is 7.91. The van der Waals surface area contributed by atoms with Crippen LogP contribution in [-0.2, 0) is 4.79 Å². The summed E-state index contributed by atoms with van der Waals surface area (Å²) in [5.41, 5.74) is 0.991. The summed E-state index contributed by atoms with van der Waals surface area (Å²) < 4.78 is 11.9. The van der Waals surface area contributed by atoms with E-state index < -0.39 is 5.97 Å². The predicted molar refractivity (Wildman–Crippen MR) is 86.9 cm³/mol. The van der Waals surface area contributed by atoms with Crippen LogP contribution < -0.4 is 9.47 Å². The van der Waals surface area contributed by atoms with Crippen molar-refractivity contribution < 1.29 is 19.4 Å². The molecule has 1 N–H and O–H groups in total. The molecule has 1 aromatic rings. The van der Waals surface area contributed by atoms with Crippen molar-refractivity contribution in [2.45, 2.75) is 49.9 Å². The fraction of sp³-hybridized carbons (Fsp3) is 0.588. The summed E-state index contributed by atoms with van der Waals surface area (Å²) in [5, 5.41) is 9.18. The number of fused-ring (bicyclic) bond motifs is 1. The van der Waals surface area contributed by atoms with E-state index in [0.29, 0.717) is 6.61 Å². The molecule has 0 radical (unpaired) electrons. The average Bonchev–Trinajstić information content (AvgIpc) is 2.93. The zero-order valence-electron chi connectivity index (χ0n) is 12.8. The molecule has 2 aliphatic rings. The van der Waals surface area contributed by atoms with Crippen LogP contribution >= 0.6 is 11.8 Å². The van der Waals surface area contributed by atoms with E-state index >= 15 is 0 Å². The number of aliphatic carboxylic acids is 1. The maximum atomic E-state index is 11.0. The van der Waals surface area contributed by atoms with E-state index in [1.807, 2.05) is 25.1 Å². The number of benzene rings is 1. The van der Waals surface area contributed by atoms with Gasteiger partial charge in [0.1, 0.15) is 17.1 Å². The van der Waals surface area contributed by atoms with Gasteiger partial charge in [-0.25, -0.2) is 0 Å². The quantitative estimate of drug-likeness (QED) is 0.886. The van der Waals surface area contributed by atoms with Gasteiger partial charge in [0.2, 0.25) is 0 Å². The van der Waals surface area contributed by atoms with Crippen molar-refractivity contribution >= 4 is 17.7 Å². The van der Waals surface area contributed by atoms with Crippen LogP contribution in [0.4, 0.5) is 0 Å². The second-order valence-corrected chi connectivity index (χ2v) is 7.21. The molecule has 1 aromatic carbocycles. The first-order chi connectivity index (χ1) is 10.6. The van der Waals surface area contributed by atoms with E-state index in [9.17, 15) is 4.79 Å². The van der Waals surface area contributed by atoms with Crippen molar-refractivity contribution in [3.8, 4) is 11.5 Å². The van der Waals surface area contributed by atoms with Crippen LogP contribution in [0.5, 0.6) is 11.5 Å². The normalized spacial score (nSPS) is 22.1. The van der Waals surface area contributed by atoms with Crippen molar-refractivity contribution in [2.75, 3.05) is 12.4 Å².